The second-order valence-corrected chi connectivity index (χ2v) is 22.4. The Morgan fingerprint density at radius 1 is 0.581 bits per heavy atom. The van der Waals surface area contributed by atoms with Crippen molar-refractivity contribution in [1.82, 2.24) is 4.90 Å². The summed E-state index contributed by atoms with van der Waals surface area (Å²) >= 11 is 0. The Bertz CT molecular complexity index is 3240. The third kappa shape index (κ3) is 13.6. The molecule has 6 aromatic rings. The Hall–Kier alpha value is -8.63. The van der Waals surface area contributed by atoms with Crippen LogP contribution in [0.15, 0.2) is 177 Å². The van der Waals surface area contributed by atoms with Gasteiger partial charge in [-0.15, -0.1) is 0 Å². The first kappa shape index (κ1) is 61.9. The minimum atomic E-state index is -1.10. The molecule has 23 nitrogen and oxygen atoms in total. The number of rotatable bonds is 12. The quantitative estimate of drug-likeness (QED) is 0.0812. The highest BCUT2D eigenvalue weighted by molar-refractivity contribution is 5.92. The topological polar surface area (TPSA) is 295 Å². The van der Waals surface area contributed by atoms with Crippen LogP contribution in [-0.4, -0.2) is 118 Å². The monoisotopic (exact) mass is 1180 g/mol. The number of nitrogens with zero attached hydrogens (tertiary/aromatic N) is 5. The smallest absolute Gasteiger partial charge is 0.260 e. The van der Waals surface area contributed by atoms with E-state index in [4.69, 9.17) is 51.7 Å². The molecule has 452 valence electrons. The number of ether oxygens (including phenoxy) is 7. The fraction of sp³-hybridized carbons (Fsp3) is 0.413. The van der Waals surface area contributed by atoms with Crippen LogP contribution in [0.5, 0.6) is 0 Å². The second-order valence-electron chi connectivity index (χ2n) is 22.4. The van der Waals surface area contributed by atoms with Gasteiger partial charge in [0.2, 0.25) is 17.9 Å². The number of furan rings is 3. The highest BCUT2D eigenvalue weighted by Gasteiger charge is 2.65. The molecule has 0 radical (unpaired) electrons. The highest BCUT2D eigenvalue weighted by Crippen LogP contribution is 2.51. The summed E-state index contributed by atoms with van der Waals surface area (Å²) in [6.07, 6.45) is 3.08. The molecular weight excluding hydrogens is 1110 g/mol. The van der Waals surface area contributed by atoms with Crippen molar-refractivity contribution in [1.29, 1.82) is 5.26 Å². The minimum Gasteiger partial charge on any atom is -0.469 e. The molecule has 5 fully saturated rings. The van der Waals surface area contributed by atoms with E-state index in [9.17, 15) is 39.9 Å². The number of fused-ring (bicyclic) bond motifs is 4. The number of nitriles is 1. The maximum atomic E-state index is 13.0. The van der Waals surface area contributed by atoms with Gasteiger partial charge >= 0.3 is 0 Å². The zero-order valence-corrected chi connectivity index (χ0v) is 48.4. The fourth-order valence-electron chi connectivity index (χ4n) is 12.1. The Kier molecular flexibility index (Phi) is 19.0. The average molecular weight is 1180 g/mol. The highest BCUT2D eigenvalue weighted by atomic mass is 16.7. The number of carbonyl (C=O) groups is 2. The standard InChI is InChI=1S/C23H26N2O6.2C19H19NO6.C2H3N/c1-23(2)30-16-20(24-10-13-28-14-11-24)22(31-23)21(17-7-4-3-5-8-17)19(25(26)27)15-18-9-6-12-29-18;2*1-19(2)25-17-13(11-7-4-3-5-8-11)15(20(22)23)14(12-9-6-10-24-12)18(26-19)16(17)21;1-2-3/h3-9,12,15-16,21-22H,10-11,13-14H2,1-2H3;2*3-10,13-15,17-18H,1-2H3;1H3/b19-15-;;;/t21-,22?;;;/m1.../s1. The van der Waals surface area contributed by atoms with Gasteiger partial charge in [-0.3, -0.25) is 39.9 Å². The van der Waals surface area contributed by atoms with Crippen LogP contribution in [0.1, 0.15) is 112 Å². The number of morpholine rings is 1. The molecule has 12 atom stereocenters. The zero-order valence-electron chi connectivity index (χ0n) is 48.4. The molecule has 7 heterocycles. The van der Waals surface area contributed by atoms with Crippen LogP contribution in [0.2, 0.25) is 0 Å². The lowest BCUT2D eigenvalue weighted by atomic mass is 9.68. The summed E-state index contributed by atoms with van der Waals surface area (Å²) in [5.74, 6) is -6.16. The summed E-state index contributed by atoms with van der Waals surface area (Å²) in [5, 5.41) is 43.8. The number of ketones is 2. The molecule has 3 aromatic carbocycles. The summed E-state index contributed by atoms with van der Waals surface area (Å²) in [5.41, 5.74) is 2.92. The minimum absolute atomic E-state index is 0.0111. The van der Waals surface area contributed by atoms with Gasteiger partial charge in [0.25, 0.3) is 5.70 Å². The van der Waals surface area contributed by atoms with Crippen molar-refractivity contribution in [2.24, 2.45) is 0 Å². The summed E-state index contributed by atoms with van der Waals surface area (Å²) in [7, 11) is 0. The Labute approximate surface area is 495 Å². The van der Waals surface area contributed by atoms with Crippen LogP contribution >= 0.6 is 0 Å². The molecule has 4 aliphatic heterocycles. The molecule has 12 rings (SSSR count). The maximum absolute atomic E-state index is 13.0. The predicted molar refractivity (Wildman–Crippen MR) is 305 cm³/mol. The van der Waals surface area contributed by atoms with E-state index in [-0.39, 0.29) is 32.0 Å². The lowest BCUT2D eigenvalue weighted by molar-refractivity contribution is -0.542. The molecule has 86 heavy (non-hydrogen) atoms. The largest absolute Gasteiger partial charge is 0.469 e. The summed E-state index contributed by atoms with van der Waals surface area (Å²) < 4.78 is 57.4. The SMILES string of the molecule is CC#N.CC1(C)OC2C(=O)C(O1)C(c1ccco1)C([N+](=O)[O-])C2c1ccccc1.CC1(C)OC2C(=O)C(O1)C(c1ccco1)C([N+](=O)[O-])C2c1ccccc1.CC1(C)OC=C(N2CCOCC2)C([C@@H](/C(=C/c2ccco2)[N+](=O)[O-])c2ccccc2)O1. The molecule has 4 bridgehead atoms. The zero-order chi connectivity index (χ0) is 61.5. The van der Waals surface area contributed by atoms with Crippen molar-refractivity contribution in [3.05, 3.63) is 228 Å². The van der Waals surface area contributed by atoms with Gasteiger partial charge < -0.3 is 51.3 Å². The van der Waals surface area contributed by atoms with Crippen LogP contribution in [0.25, 0.3) is 6.08 Å². The van der Waals surface area contributed by atoms with E-state index in [2.05, 4.69) is 4.90 Å². The summed E-state index contributed by atoms with van der Waals surface area (Å²) in [6.45, 7) is 14.4. The van der Waals surface area contributed by atoms with Crippen LogP contribution in [0.3, 0.4) is 0 Å². The van der Waals surface area contributed by atoms with Gasteiger partial charge in [-0.2, -0.15) is 5.26 Å². The number of Topliss-reactive ketones (excluding diaryl/α,β-unsaturated/α-hetero) is 2. The molecule has 0 spiro atoms. The number of hydrogen-bond donors (Lipinski definition) is 0. The van der Waals surface area contributed by atoms with Gasteiger partial charge in [-0.05, 0) is 80.8 Å². The van der Waals surface area contributed by atoms with Crippen molar-refractivity contribution in [3.8, 4) is 6.07 Å². The lowest BCUT2D eigenvalue weighted by Crippen LogP contribution is -2.64. The molecule has 0 N–H and O–H groups in total. The third-order valence-corrected chi connectivity index (χ3v) is 15.5. The van der Waals surface area contributed by atoms with Gasteiger partial charge in [-0.1, -0.05) is 91.0 Å². The van der Waals surface area contributed by atoms with Crippen LogP contribution in [-0.2, 0) is 42.7 Å². The molecule has 3 aromatic heterocycles. The first-order valence-corrected chi connectivity index (χ1v) is 28.0. The van der Waals surface area contributed by atoms with Crippen LogP contribution in [0.4, 0.5) is 0 Å². The maximum Gasteiger partial charge on any atom is 0.260 e. The Morgan fingerprint density at radius 2 is 1.00 bits per heavy atom. The van der Waals surface area contributed by atoms with E-state index >= 15 is 0 Å². The average Bonchev–Trinajstić information content (AvgIpc) is 3.21. The van der Waals surface area contributed by atoms with Gasteiger partial charge in [0.1, 0.15) is 71.8 Å². The van der Waals surface area contributed by atoms with E-state index < -0.39 is 89.6 Å². The van der Waals surface area contributed by atoms with E-state index in [0.29, 0.717) is 54.7 Å². The van der Waals surface area contributed by atoms with Gasteiger partial charge in [-0.25, -0.2) is 0 Å². The lowest BCUT2D eigenvalue weighted by Gasteiger charge is -2.49. The molecule has 2 aliphatic carbocycles. The molecule has 6 aliphatic rings. The van der Waals surface area contributed by atoms with E-state index in [0.717, 1.165) is 11.3 Å². The first-order chi connectivity index (χ1) is 41.1. The summed E-state index contributed by atoms with van der Waals surface area (Å²) in [6, 6.07) is 37.0. The normalized spacial score (nSPS) is 28.1. The van der Waals surface area contributed by atoms with Crippen molar-refractivity contribution in [3.63, 3.8) is 0 Å². The number of hydrogen-bond acceptors (Lipinski definition) is 20. The van der Waals surface area contributed by atoms with E-state index in [1.165, 1.54) is 31.8 Å². The number of carbonyl (C=O) groups excluding carboxylic acids is 2. The predicted octanol–water partition coefficient (Wildman–Crippen LogP) is 10.3. The second kappa shape index (κ2) is 26.3. The molecule has 23 heteroatoms. The van der Waals surface area contributed by atoms with Gasteiger partial charge in [0, 0.05) is 43.7 Å². The van der Waals surface area contributed by atoms with Gasteiger partial charge in [0.15, 0.2) is 23.1 Å². The summed E-state index contributed by atoms with van der Waals surface area (Å²) in [4.78, 5) is 63.6. The van der Waals surface area contributed by atoms with Crippen molar-refractivity contribution in [2.75, 3.05) is 26.3 Å². The molecule has 3 saturated heterocycles. The number of nitro groups is 3. The fourth-order valence-corrected chi connectivity index (χ4v) is 12.1. The molecular formula is C63H67N5O18. The Morgan fingerprint density at radius 3 is 1.40 bits per heavy atom. The number of benzene rings is 3. The van der Waals surface area contributed by atoms with Gasteiger partial charge in [0.05, 0.1) is 66.6 Å². The third-order valence-electron chi connectivity index (χ3n) is 15.5. The van der Waals surface area contributed by atoms with Crippen molar-refractivity contribution in [2.45, 2.75) is 138 Å². The van der Waals surface area contributed by atoms with Crippen molar-refractivity contribution >= 4 is 17.6 Å². The molecule has 0 amide bonds. The Balaban J connectivity index is 0.000000151. The van der Waals surface area contributed by atoms with Crippen LogP contribution < -0.4 is 0 Å². The van der Waals surface area contributed by atoms with Crippen molar-refractivity contribution < 1.29 is 70.8 Å². The molecule has 11 unspecified atom stereocenters. The van der Waals surface area contributed by atoms with Crippen LogP contribution in [0, 0.1) is 41.7 Å². The van der Waals surface area contributed by atoms with E-state index in [1.807, 2.05) is 42.5 Å². The molecule has 2 saturated carbocycles. The van der Waals surface area contributed by atoms with E-state index in [1.54, 1.807) is 139 Å². The first-order valence-electron chi connectivity index (χ1n) is 28.0.